The Morgan fingerprint density at radius 1 is 1.38 bits per heavy atom. The molecule has 4 N–H and O–H groups in total. The summed E-state index contributed by atoms with van der Waals surface area (Å²) >= 11 is 1.14. The molecular formula is C15H25F3N4O3S. The summed E-state index contributed by atoms with van der Waals surface area (Å²) in [5.74, 6) is 0. The molecule has 26 heavy (non-hydrogen) atoms. The predicted octanol–water partition coefficient (Wildman–Crippen LogP) is 3.05. The fourth-order valence-corrected chi connectivity index (χ4v) is 2.77. The molecule has 0 aliphatic rings. The van der Waals surface area contributed by atoms with Crippen LogP contribution in [0.3, 0.4) is 0 Å². The minimum atomic E-state index is -4.48. The van der Waals surface area contributed by atoms with E-state index >= 15 is 0 Å². The monoisotopic (exact) mass is 398 g/mol. The number of rotatable bonds is 8. The standard InChI is InChI=1S/C15H25F3N4O3S/c1-14(2,3)25-13(23)22-12-21-7-10(26-12)9(5-6-24-4)20-8-11(19)15(16,17)18/h7,9,11,20H,5-6,8,19H2,1-4H3,(H,21,22,23)/t9?,11-/m0/s1. The minimum absolute atomic E-state index is 0.290. The van der Waals surface area contributed by atoms with Crippen molar-refractivity contribution in [3.63, 3.8) is 0 Å². The molecule has 7 nitrogen and oxygen atoms in total. The van der Waals surface area contributed by atoms with Gasteiger partial charge in [-0.25, -0.2) is 9.78 Å². The highest BCUT2D eigenvalue weighted by atomic mass is 32.1. The number of hydrogen-bond acceptors (Lipinski definition) is 7. The van der Waals surface area contributed by atoms with Crippen LogP contribution in [0.2, 0.25) is 0 Å². The first-order valence-electron chi connectivity index (χ1n) is 7.92. The van der Waals surface area contributed by atoms with E-state index in [4.69, 9.17) is 15.2 Å². The van der Waals surface area contributed by atoms with Crippen LogP contribution in [0.1, 0.15) is 38.1 Å². The van der Waals surface area contributed by atoms with Gasteiger partial charge in [-0.05, 0) is 27.2 Å². The molecule has 0 saturated heterocycles. The second-order valence-electron chi connectivity index (χ2n) is 6.59. The van der Waals surface area contributed by atoms with Crippen molar-refractivity contribution in [2.24, 2.45) is 5.73 Å². The first-order valence-corrected chi connectivity index (χ1v) is 8.74. The van der Waals surface area contributed by atoms with Crippen molar-refractivity contribution in [2.75, 3.05) is 25.6 Å². The molecule has 11 heteroatoms. The molecule has 0 radical (unpaired) electrons. The zero-order chi connectivity index (χ0) is 20.0. The molecule has 0 fully saturated rings. The molecule has 0 aliphatic carbocycles. The predicted molar refractivity (Wildman–Crippen MR) is 93.2 cm³/mol. The summed E-state index contributed by atoms with van der Waals surface area (Å²) in [6.45, 7) is 5.09. The number of thiazole rings is 1. The van der Waals surface area contributed by atoms with E-state index in [9.17, 15) is 18.0 Å². The molecule has 0 saturated carbocycles. The Hall–Kier alpha value is -1.43. The lowest BCUT2D eigenvalue weighted by atomic mass is 10.1. The number of alkyl halides is 3. The zero-order valence-corrected chi connectivity index (χ0v) is 16.0. The van der Waals surface area contributed by atoms with Crippen LogP contribution in [0.25, 0.3) is 0 Å². The van der Waals surface area contributed by atoms with Crippen molar-refractivity contribution in [3.05, 3.63) is 11.1 Å². The number of amides is 1. The number of hydrogen-bond donors (Lipinski definition) is 3. The topological polar surface area (TPSA) is 98.5 Å². The molecule has 1 heterocycles. The Balaban J connectivity index is 2.73. The Bertz CT molecular complexity index is 575. The SMILES string of the molecule is COCCC(NC[C@H](N)C(F)(F)F)c1cnc(NC(=O)OC(C)(C)C)s1. The number of carbonyl (C=O) groups is 1. The number of ether oxygens (including phenoxy) is 2. The lowest BCUT2D eigenvalue weighted by Crippen LogP contribution is -2.46. The van der Waals surface area contributed by atoms with Gasteiger partial charge in [-0.1, -0.05) is 11.3 Å². The van der Waals surface area contributed by atoms with Gasteiger partial charge in [0.2, 0.25) is 0 Å². The summed E-state index contributed by atoms with van der Waals surface area (Å²) in [6, 6.07) is -2.41. The molecule has 2 atom stereocenters. The van der Waals surface area contributed by atoms with Crippen LogP contribution in [0.4, 0.5) is 23.1 Å². The third kappa shape index (κ3) is 8.30. The Kier molecular flexibility index (Phi) is 8.25. The average Bonchev–Trinajstić information content (AvgIpc) is 2.92. The van der Waals surface area contributed by atoms with E-state index < -0.39 is 36.5 Å². The van der Waals surface area contributed by atoms with Gasteiger partial charge in [0.25, 0.3) is 0 Å². The first kappa shape index (κ1) is 22.6. The molecule has 0 bridgehead atoms. The molecule has 1 aromatic rings. The highest BCUT2D eigenvalue weighted by molar-refractivity contribution is 7.15. The van der Waals surface area contributed by atoms with Crippen LogP contribution in [-0.4, -0.2) is 49.2 Å². The fourth-order valence-electron chi connectivity index (χ4n) is 1.86. The Morgan fingerprint density at radius 2 is 2.04 bits per heavy atom. The van der Waals surface area contributed by atoms with Crippen LogP contribution >= 0.6 is 11.3 Å². The second kappa shape index (κ2) is 9.49. The molecule has 150 valence electrons. The van der Waals surface area contributed by atoms with E-state index in [1.165, 1.54) is 13.3 Å². The molecule has 1 amide bonds. The van der Waals surface area contributed by atoms with Crippen molar-refractivity contribution in [1.82, 2.24) is 10.3 Å². The highest BCUT2D eigenvalue weighted by Crippen LogP contribution is 2.28. The maximum Gasteiger partial charge on any atom is 0.413 e. The molecule has 1 aromatic heterocycles. The van der Waals surface area contributed by atoms with E-state index in [0.717, 1.165) is 11.3 Å². The quantitative estimate of drug-likeness (QED) is 0.623. The van der Waals surface area contributed by atoms with Gasteiger partial charge in [-0.15, -0.1) is 0 Å². The smallest absolute Gasteiger partial charge is 0.413 e. The van der Waals surface area contributed by atoms with Crippen molar-refractivity contribution >= 4 is 22.6 Å². The maximum atomic E-state index is 12.6. The van der Waals surface area contributed by atoms with Crippen molar-refractivity contribution in [2.45, 2.75) is 51.1 Å². The number of nitrogens with one attached hydrogen (secondary N) is 2. The van der Waals surface area contributed by atoms with E-state index in [1.807, 2.05) is 0 Å². The Morgan fingerprint density at radius 3 is 2.58 bits per heavy atom. The molecule has 0 spiro atoms. The number of carbonyl (C=O) groups excluding carboxylic acids is 1. The van der Waals surface area contributed by atoms with Crippen LogP contribution < -0.4 is 16.4 Å². The second-order valence-corrected chi connectivity index (χ2v) is 7.65. The van der Waals surface area contributed by atoms with Crippen LogP contribution in [-0.2, 0) is 9.47 Å². The third-order valence-corrected chi connectivity index (χ3v) is 4.12. The van der Waals surface area contributed by atoms with Gasteiger partial charge in [0.05, 0.1) is 0 Å². The van der Waals surface area contributed by atoms with Crippen LogP contribution in [0, 0.1) is 0 Å². The van der Waals surface area contributed by atoms with Crippen molar-refractivity contribution in [1.29, 1.82) is 0 Å². The van der Waals surface area contributed by atoms with E-state index in [2.05, 4.69) is 15.6 Å². The first-order chi connectivity index (χ1) is 11.9. The number of nitrogens with two attached hydrogens (primary N) is 1. The molecule has 0 aliphatic heterocycles. The Labute approximate surface area is 154 Å². The molecule has 1 unspecified atom stereocenters. The van der Waals surface area contributed by atoms with Gasteiger partial charge in [0, 0.05) is 37.4 Å². The highest BCUT2D eigenvalue weighted by Gasteiger charge is 2.36. The van der Waals surface area contributed by atoms with E-state index in [0.29, 0.717) is 23.0 Å². The molecule has 0 aromatic carbocycles. The van der Waals surface area contributed by atoms with Gasteiger partial charge >= 0.3 is 12.3 Å². The summed E-state index contributed by atoms with van der Waals surface area (Å²) in [6.07, 6.45) is -3.21. The summed E-state index contributed by atoms with van der Waals surface area (Å²) < 4.78 is 47.9. The third-order valence-electron chi connectivity index (χ3n) is 3.09. The summed E-state index contributed by atoms with van der Waals surface area (Å²) in [7, 11) is 1.50. The minimum Gasteiger partial charge on any atom is -0.444 e. The van der Waals surface area contributed by atoms with Gasteiger partial charge in [0.15, 0.2) is 5.13 Å². The summed E-state index contributed by atoms with van der Waals surface area (Å²) in [5, 5.41) is 5.58. The number of anilines is 1. The van der Waals surface area contributed by atoms with E-state index in [-0.39, 0.29) is 0 Å². The van der Waals surface area contributed by atoms with Gasteiger partial charge in [-0.2, -0.15) is 13.2 Å². The number of methoxy groups -OCH3 is 1. The summed E-state index contributed by atoms with van der Waals surface area (Å²) in [4.78, 5) is 16.5. The van der Waals surface area contributed by atoms with Crippen LogP contribution in [0.15, 0.2) is 6.20 Å². The normalized spacial score (nSPS) is 14.8. The number of halogens is 3. The van der Waals surface area contributed by atoms with Gasteiger partial charge in [-0.3, -0.25) is 5.32 Å². The molecular weight excluding hydrogens is 373 g/mol. The molecule has 1 rings (SSSR count). The number of nitrogens with zero attached hydrogens (tertiary/aromatic N) is 1. The average molecular weight is 398 g/mol. The van der Waals surface area contributed by atoms with Crippen molar-refractivity contribution in [3.8, 4) is 0 Å². The lowest BCUT2D eigenvalue weighted by molar-refractivity contribution is -0.146. The fraction of sp³-hybridized carbons (Fsp3) is 0.733. The maximum absolute atomic E-state index is 12.6. The summed E-state index contributed by atoms with van der Waals surface area (Å²) in [5.41, 5.74) is 4.48. The van der Waals surface area contributed by atoms with E-state index in [1.54, 1.807) is 20.8 Å². The number of aromatic nitrogens is 1. The van der Waals surface area contributed by atoms with Gasteiger partial charge in [0.1, 0.15) is 11.6 Å². The largest absolute Gasteiger partial charge is 0.444 e. The van der Waals surface area contributed by atoms with Gasteiger partial charge < -0.3 is 20.5 Å². The van der Waals surface area contributed by atoms with Crippen molar-refractivity contribution < 1.29 is 27.4 Å². The lowest BCUT2D eigenvalue weighted by Gasteiger charge is -2.21. The van der Waals surface area contributed by atoms with Crippen LogP contribution in [0.5, 0.6) is 0 Å². The zero-order valence-electron chi connectivity index (χ0n) is 15.1.